The molecule has 96 valence electrons. The number of hydrogen-bond donors (Lipinski definition) is 2. The Morgan fingerprint density at radius 2 is 2.47 bits per heavy atom. The number of furan rings is 1. The average molecular weight is 261 g/mol. The first kappa shape index (κ1) is 14.0. The van der Waals surface area contributed by atoms with E-state index < -0.39 is 6.10 Å². The van der Waals surface area contributed by atoms with Crippen molar-refractivity contribution in [1.29, 1.82) is 0 Å². The SMILES string of the molecule is CN(Cc1ccco1)C(=O)C1CC(O)CN1.Cl. The van der Waals surface area contributed by atoms with Crippen LogP contribution in [-0.2, 0) is 11.3 Å². The first-order valence-electron chi connectivity index (χ1n) is 5.35. The number of nitrogens with zero attached hydrogens (tertiary/aromatic N) is 1. The molecule has 0 spiro atoms. The fourth-order valence-electron chi connectivity index (χ4n) is 1.89. The lowest BCUT2D eigenvalue weighted by Crippen LogP contribution is -2.41. The number of aliphatic hydroxyl groups excluding tert-OH is 1. The van der Waals surface area contributed by atoms with Crippen molar-refractivity contribution in [2.24, 2.45) is 0 Å². The Bertz CT molecular complexity index is 356. The van der Waals surface area contributed by atoms with Crippen LogP contribution in [0.3, 0.4) is 0 Å². The average Bonchev–Trinajstić information content (AvgIpc) is 2.88. The van der Waals surface area contributed by atoms with Gasteiger partial charge in [-0.2, -0.15) is 0 Å². The molecule has 6 heteroatoms. The van der Waals surface area contributed by atoms with Crippen molar-refractivity contribution in [3.05, 3.63) is 24.2 Å². The van der Waals surface area contributed by atoms with Gasteiger partial charge in [-0.3, -0.25) is 4.79 Å². The number of hydrogen-bond acceptors (Lipinski definition) is 4. The van der Waals surface area contributed by atoms with Crippen molar-refractivity contribution in [3.63, 3.8) is 0 Å². The van der Waals surface area contributed by atoms with E-state index in [0.717, 1.165) is 5.76 Å². The summed E-state index contributed by atoms with van der Waals surface area (Å²) in [6.07, 6.45) is 1.66. The Morgan fingerprint density at radius 1 is 1.71 bits per heavy atom. The summed E-state index contributed by atoms with van der Waals surface area (Å²) in [6, 6.07) is 3.36. The number of aliphatic hydroxyl groups is 1. The van der Waals surface area contributed by atoms with E-state index in [1.54, 1.807) is 24.3 Å². The molecule has 1 aromatic heterocycles. The topological polar surface area (TPSA) is 65.7 Å². The number of nitrogens with one attached hydrogen (secondary N) is 1. The van der Waals surface area contributed by atoms with Crippen LogP contribution in [0.1, 0.15) is 12.2 Å². The van der Waals surface area contributed by atoms with Crippen molar-refractivity contribution in [1.82, 2.24) is 10.2 Å². The Morgan fingerprint density at radius 3 is 3.00 bits per heavy atom. The molecule has 2 atom stereocenters. The number of β-amino-alcohol motifs (C(OH)–C–C–N with tert-alkyl or cyclic N) is 1. The van der Waals surface area contributed by atoms with Gasteiger partial charge in [-0.1, -0.05) is 0 Å². The van der Waals surface area contributed by atoms with Crippen molar-refractivity contribution in [2.75, 3.05) is 13.6 Å². The monoisotopic (exact) mass is 260 g/mol. The lowest BCUT2D eigenvalue weighted by Gasteiger charge is -2.19. The normalized spacial score (nSPS) is 23.2. The number of carbonyl (C=O) groups excluding carboxylic acids is 1. The number of likely N-dealkylation sites (N-methyl/N-ethyl adjacent to an activating group) is 1. The van der Waals surface area contributed by atoms with Crippen molar-refractivity contribution >= 4 is 18.3 Å². The Hall–Kier alpha value is -1.04. The third kappa shape index (κ3) is 3.46. The van der Waals surface area contributed by atoms with Crippen LogP contribution in [0.15, 0.2) is 22.8 Å². The molecular weight excluding hydrogens is 244 g/mol. The van der Waals surface area contributed by atoms with Gasteiger partial charge >= 0.3 is 0 Å². The minimum atomic E-state index is -0.411. The van der Waals surface area contributed by atoms with E-state index in [-0.39, 0.29) is 24.4 Å². The molecule has 1 aromatic rings. The minimum absolute atomic E-state index is 0. The zero-order chi connectivity index (χ0) is 11.5. The largest absolute Gasteiger partial charge is 0.467 e. The van der Waals surface area contributed by atoms with E-state index in [1.807, 2.05) is 6.07 Å². The molecule has 0 saturated carbocycles. The second kappa shape index (κ2) is 6.05. The first-order valence-corrected chi connectivity index (χ1v) is 5.35. The minimum Gasteiger partial charge on any atom is -0.467 e. The predicted molar refractivity (Wildman–Crippen MR) is 64.8 cm³/mol. The summed E-state index contributed by atoms with van der Waals surface area (Å²) in [5.41, 5.74) is 0. The van der Waals surface area contributed by atoms with Crippen molar-refractivity contribution in [3.8, 4) is 0 Å². The summed E-state index contributed by atoms with van der Waals surface area (Å²) < 4.78 is 5.17. The van der Waals surface area contributed by atoms with E-state index in [1.165, 1.54) is 0 Å². The van der Waals surface area contributed by atoms with Crippen LogP contribution in [0.4, 0.5) is 0 Å². The van der Waals surface area contributed by atoms with Gasteiger partial charge in [0, 0.05) is 13.6 Å². The van der Waals surface area contributed by atoms with E-state index in [4.69, 9.17) is 4.42 Å². The molecule has 0 aliphatic carbocycles. The molecule has 1 aliphatic heterocycles. The van der Waals surface area contributed by atoms with E-state index in [9.17, 15) is 9.90 Å². The number of rotatable bonds is 3. The van der Waals surface area contributed by atoms with Gasteiger partial charge < -0.3 is 19.7 Å². The maximum atomic E-state index is 11.9. The van der Waals surface area contributed by atoms with E-state index in [2.05, 4.69) is 5.32 Å². The van der Waals surface area contributed by atoms with E-state index >= 15 is 0 Å². The molecule has 1 fully saturated rings. The van der Waals surface area contributed by atoms with Crippen LogP contribution in [0.2, 0.25) is 0 Å². The summed E-state index contributed by atoms with van der Waals surface area (Å²) in [7, 11) is 1.73. The third-order valence-electron chi connectivity index (χ3n) is 2.76. The zero-order valence-electron chi connectivity index (χ0n) is 9.63. The number of halogens is 1. The Labute approximate surface area is 106 Å². The smallest absolute Gasteiger partial charge is 0.239 e. The molecule has 1 aliphatic rings. The van der Waals surface area contributed by atoms with Gasteiger partial charge in [-0.15, -0.1) is 12.4 Å². The van der Waals surface area contributed by atoms with Crippen LogP contribution in [-0.4, -0.2) is 41.7 Å². The molecule has 2 rings (SSSR count). The van der Waals surface area contributed by atoms with Gasteiger partial charge in [-0.05, 0) is 18.6 Å². The van der Waals surface area contributed by atoms with Crippen LogP contribution >= 0.6 is 12.4 Å². The third-order valence-corrected chi connectivity index (χ3v) is 2.76. The summed E-state index contributed by atoms with van der Waals surface area (Å²) in [5, 5.41) is 12.3. The number of amides is 1. The lowest BCUT2D eigenvalue weighted by molar-refractivity contribution is -0.132. The van der Waals surface area contributed by atoms with Gasteiger partial charge in [0.1, 0.15) is 5.76 Å². The molecule has 0 bridgehead atoms. The predicted octanol–water partition coefficient (Wildman–Crippen LogP) is 0.383. The first-order chi connectivity index (χ1) is 7.66. The maximum Gasteiger partial charge on any atom is 0.239 e. The fraction of sp³-hybridized carbons (Fsp3) is 0.545. The van der Waals surface area contributed by atoms with E-state index in [0.29, 0.717) is 19.5 Å². The van der Waals surface area contributed by atoms with Gasteiger partial charge in [0.25, 0.3) is 0 Å². The highest BCUT2D eigenvalue weighted by molar-refractivity contribution is 5.85. The van der Waals surface area contributed by atoms with Crippen molar-refractivity contribution < 1.29 is 14.3 Å². The van der Waals surface area contributed by atoms with Crippen LogP contribution in [0.25, 0.3) is 0 Å². The Kier molecular flexibility index (Phi) is 4.99. The summed E-state index contributed by atoms with van der Waals surface area (Å²) in [5.74, 6) is 0.752. The van der Waals surface area contributed by atoms with Gasteiger partial charge in [0.15, 0.2) is 0 Å². The van der Waals surface area contributed by atoms with Gasteiger partial charge in [-0.25, -0.2) is 0 Å². The summed E-state index contributed by atoms with van der Waals surface area (Å²) in [6.45, 7) is 0.950. The van der Waals surface area contributed by atoms with Gasteiger partial charge in [0.2, 0.25) is 5.91 Å². The molecule has 2 heterocycles. The van der Waals surface area contributed by atoms with Crippen LogP contribution < -0.4 is 5.32 Å². The number of carbonyl (C=O) groups is 1. The lowest BCUT2D eigenvalue weighted by atomic mass is 10.2. The second-order valence-corrected chi connectivity index (χ2v) is 4.12. The molecule has 1 saturated heterocycles. The summed E-state index contributed by atoms with van der Waals surface area (Å²) >= 11 is 0. The highest BCUT2D eigenvalue weighted by atomic mass is 35.5. The molecule has 2 unspecified atom stereocenters. The van der Waals surface area contributed by atoms with Crippen molar-refractivity contribution in [2.45, 2.75) is 25.1 Å². The highest BCUT2D eigenvalue weighted by Crippen LogP contribution is 2.11. The zero-order valence-corrected chi connectivity index (χ0v) is 10.4. The quantitative estimate of drug-likeness (QED) is 0.825. The molecule has 17 heavy (non-hydrogen) atoms. The summed E-state index contributed by atoms with van der Waals surface area (Å²) in [4.78, 5) is 13.5. The van der Waals surface area contributed by atoms with Crippen LogP contribution in [0.5, 0.6) is 0 Å². The second-order valence-electron chi connectivity index (χ2n) is 4.12. The fourth-order valence-corrected chi connectivity index (χ4v) is 1.89. The molecule has 5 nitrogen and oxygen atoms in total. The maximum absolute atomic E-state index is 11.9. The van der Waals surface area contributed by atoms with Crippen LogP contribution in [0, 0.1) is 0 Å². The Balaban J connectivity index is 0.00000144. The van der Waals surface area contributed by atoms with Gasteiger partial charge in [0.05, 0.1) is 25.0 Å². The highest BCUT2D eigenvalue weighted by Gasteiger charge is 2.30. The molecule has 2 N–H and O–H groups in total. The standard InChI is InChI=1S/C11H16N2O3.ClH/c1-13(7-9-3-2-4-16-9)11(15)10-5-8(14)6-12-10;/h2-4,8,10,12,14H,5-7H2,1H3;1H. The molecule has 0 radical (unpaired) electrons. The molecule has 0 aromatic carbocycles. The molecule has 1 amide bonds. The molecular formula is C11H17ClN2O3.